The molecule has 22 heavy (non-hydrogen) atoms. The van der Waals surface area contributed by atoms with Gasteiger partial charge in [0.15, 0.2) is 5.76 Å². The summed E-state index contributed by atoms with van der Waals surface area (Å²) in [5.41, 5.74) is 0. The number of hydrogen-bond acceptors (Lipinski definition) is 4. The molecule has 5 nitrogen and oxygen atoms in total. The minimum absolute atomic E-state index is 0.126. The molecule has 2 N–H and O–H groups in total. The molecule has 126 valence electrons. The topological polar surface area (TPSA) is 67.8 Å². The molecule has 5 heteroatoms. The lowest BCUT2D eigenvalue weighted by Gasteiger charge is -2.38. The van der Waals surface area contributed by atoms with E-state index in [1.807, 2.05) is 13.0 Å². The number of carbonyl (C=O) groups excluding carboxylic acids is 1. The van der Waals surface area contributed by atoms with Gasteiger partial charge in [-0.05, 0) is 50.5 Å². The fourth-order valence-electron chi connectivity index (χ4n) is 3.01. The van der Waals surface area contributed by atoms with Gasteiger partial charge in [-0.2, -0.15) is 0 Å². The van der Waals surface area contributed by atoms with Crippen molar-refractivity contribution >= 4 is 5.91 Å². The van der Waals surface area contributed by atoms with Crippen molar-refractivity contribution in [1.29, 1.82) is 0 Å². The van der Waals surface area contributed by atoms with Crippen LogP contribution in [0.2, 0.25) is 0 Å². The number of amides is 1. The number of rotatable bonds is 8. The minimum atomic E-state index is -0.408. The predicted molar refractivity (Wildman–Crippen MR) is 83.9 cm³/mol. The fraction of sp³-hybridized carbons (Fsp3) is 0.824. The summed E-state index contributed by atoms with van der Waals surface area (Å²) >= 11 is 0. The third-order valence-corrected chi connectivity index (χ3v) is 4.36. The zero-order chi connectivity index (χ0) is 16.1. The van der Waals surface area contributed by atoms with Gasteiger partial charge in [0.1, 0.15) is 0 Å². The van der Waals surface area contributed by atoms with E-state index in [0.717, 1.165) is 25.7 Å². The second-order valence-electron chi connectivity index (χ2n) is 6.57. The highest BCUT2D eigenvalue weighted by atomic mass is 16.7. The van der Waals surface area contributed by atoms with Gasteiger partial charge in [-0.3, -0.25) is 4.79 Å². The molecule has 0 unspecified atom stereocenters. The van der Waals surface area contributed by atoms with Crippen molar-refractivity contribution < 1.29 is 19.4 Å². The highest BCUT2D eigenvalue weighted by Crippen LogP contribution is 2.37. The van der Waals surface area contributed by atoms with Crippen molar-refractivity contribution in [2.45, 2.75) is 58.8 Å². The summed E-state index contributed by atoms with van der Waals surface area (Å²) in [6.07, 6.45) is 5.21. The highest BCUT2D eigenvalue weighted by Gasteiger charge is 2.39. The van der Waals surface area contributed by atoms with Gasteiger partial charge in [-0.25, -0.2) is 0 Å². The maximum Gasteiger partial charge on any atom is 0.286 e. The van der Waals surface area contributed by atoms with E-state index in [9.17, 15) is 4.79 Å². The van der Waals surface area contributed by atoms with Crippen LogP contribution >= 0.6 is 0 Å². The first-order chi connectivity index (χ1) is 10.6. The number of aliphatic hydroxyl groups is 1. The molecule has 2 aliphatic rings. The maximum atomic E-state index is 12.3. The summed E-state index contributed by atoms with van der Waals surface area (Å²) in [6, 6.07) is 0.312. The van der Waals surface area contributed by atoms with E-state index >= 15 is 0 Å². The molecule has 0 bridgehead atoms. The SMILES string of the molecule is CCO[C@H]1OC(C(=O)NC2CC2)=C[C@@H](C(C)C)[C@@H]1CCCO. The molecule has 0 aromatic carbocycles. The molecule has 0 spiro atoms. The average molecular weight is 311 g/mol. The van der Waals surface area contributed by atoms with Crippen molar-refractivity contribution in [3.8, 4) is 0 Å². The van der Waals surface area contributed by atoms with Crippen LogP contribution in [0.15, 0.2) is 11.8 Å². The van der Waals surface area contributed by atoms with Crippen LogP contribution in [0.25, 0.3) is 0 Å². The monoisotopic (exact) mass is 311 g/mol. The number of nitrogens with one attached hydrogen (secondary N) is 1. The number of allylic oxidation sites excluding steroid dienone is 1. The Hall–Kier alpha value is -1.07. The number of ether oxygens (including phenoxy) is 2. The summed E-state index contributed by atoms with van der Waals surface area (Å²) in [6.45, 7) is 6.94. The summed E-state index contributed by atoms with van der Waals surface area (Å²) in [7, 11) is 0. The van der Waals surface area contributed by atoms with Gasteiger partial charge in [-0.1, -0.05) is 13.8 Å². The normalized spacial score (nSPS) is 28.2. The van der Waals surface area contributed by atoms with E-state index in [2.05, 4.69) is 19.2 Å². The van der Waals surface area contributed by atoms with Gasteiger partial charge in [0, 0.05) is 25.2 Å². The molecular weight excluding hydrogens is 282 g/mol. The Morgan fingerprint density at radius 2 is 2.23 bits per heavy atom. The zero-order valence-corrected chi connectivity index (χ0v) is 13.9. The van der Waals surface area contributed by atoms with Crippen LogP contribution in [-0.2, 0) is 14.3 Å². The first-order valence-corrected chi connectivity index (χ1v) is 8.48. The predicted octanol–water partition coefficient (Wildman–Crippen LogP) is 2.20. The molecule has 1 saturated carbocycles. The van der Waals surface area contributed by atoms with E-state index < -0.39 is 6.29 Å². The second-order valence-corrected chi connectivity index (χ2v) is 6.57. The molecule has 2 rings (SSSR count). The van der Waals surface area contributed by atoms with Crippen LogP contribution in [0.5, 0.6) is 0 Å². The smallest absolute Gasteiger partial charge is 0.286 e. The summed E-state index contributed by atoms with van der Waals surface area (Å²) in [4.78, 5) is 12.3. The first kappa shape index (κ1) is 17.3. The van der Waals surface area contributed by atoms with Crippen LogP contribution in [0.1, 0.15) is 46.5 Å². The van der Waals surface area contributed by atoms with Crippen molar-refractivity contribution in [3.05, 3.63) is 11.8 Å². The average Bonchev–Trinajstić information content (AvgIpc) is 3.29. The van der Waals surface area contributed by atoms with Crippen molar-refractivity contribution in [2.24, 2.45) is 17.8 Å². The zero-order valence-electron chi connectivity index (χ0n) is 13.9. The van der Waals surface area contributed by atoms with Gasteiger partial charge in [0.05, 0.1) is 0 Å². The van der Waals surface area contributed by atoms with Crippen LogP contribution < -0.4 is 5.32 Å². The second kappa shape index (κ2) is 7.97. The highest BCUT2D eigenvalue weighted by molar-refractivity contribution is 5.92. The van der Waals surface area contributed by atoms with Crippen LogP contribution in [0.4, 0.5) is 0 Å². The minimum Gasteiger partial charge on any atom is -0.459 e. The number of carbonyl (C=O) groups is 1. The molecule has 3 atom stereocenters. The van der Waals surface area contributed by atoms with Crippen molar-refractivity contribution in [2.75, 3.05) is 13.2 Å². The molecular formula is C17H29NO4. The number of aliphatic hydroxyl groups excluding tert-OH is 1. The summed E-state index contributed by atoms with van der Waals surface area (Å²) in [5, 5.41) is 12.1. The van der Waals surface area contributed by atoms with Crippen molar-refractivity contribution in [3.63, 3.8) is 0 Å². The Morgan fingerprint density at radius 3 is 2.77 bits per heavy atom. The number of hydrogen-bond donors (Lipinski definition) is 2. The molecule has 0 radical (unpaired) electrons. The fourth-order valence-corrected chi connectivity index (χ4v) is 3.01. The van der Waals surface area contributed by atoms with E-state index in [4.69, 9.17) is 14.6 Å². The van der Waals surface area contributed by atoms with Gasteiger partial charge in [-0.15, -0.1) is 0 Å². The Kier molecular flexibility index (Phi) is 6.26. The standard InChI is InChI=1S/C17H29NO4/c1-4-21-17-13(6-5-9-19)14(11(2)3)10-15(22-17)16(20)18-12-7-8-12/h10-14,17,19H,4-9H2,1-3H3,(H,18,20)/t13-,14-,17-/m0/s1. The third kappa shape index (κ3) is 4.46. The van der Waals surface area contributed by atoms with E-state index in [0.29, 0.717) is 24.3 Å². The molecule has 1 aliphatic heterocycles. The van der Waals surface area contributed by atoms with E-state index in [-0.39, 0.29) is 24.3 Å². The molecule has 1 aliphatic carbocycles. The molecule has 1 heterocycles. The Labute approximate surface area is 133 Å². The van der Waals surface area contributed by atoms with Crippen LogP contribution in [0, 0.1) is 17.8 Å². The lowest BCUT2D eigenvalue weighted by atomic mass is 9.78. The molecule has 0 saturated heterocycles. The molecule has 0 aromatic heterocycles. The Balaban J connectivity index is 2.14. The Morgan fingerprint density at radius 1 is 1.50 bits per heavy atom. The molecule has 1 fully saturated rings. The van der Waals surface area contributed by atoms with E-state index in [1.54, 1.807) is 0 Å². The van der Waals surface area contributed by atoms with E-state index in [1.165, 1.54) is 0 Å². The van der Waals surface area contributed by atoms with Gasteiger partial charge < -0.3 is 19.9 Å². The largest absolute Gasteiger partial charge is 0.459 e. The van der Waals surface area contributed by atoms with Crippen molar-refractivity contribution in [1.82, 2.24) is 5.32 Å². The maximum absolute atomic E-state index is 12.3. The van der Waals surface area contributed by atoms with Gasteiger partial charge in [0.2, 0.25) is 6.29 Å². The molecule has 1 amide bonds. The summed E-state index contributed by atoms with van der Waals surface area (Å²) < 4.78 is 11.6. The quantitative estimate of drug-likeness (QED) is 0.721. The van der Waals surface area contributed by atoms with Gasteiger partial charge >= 0.3 is 0 Å². The Bertz CT molecular complexity index is 403. The summed E-state index contributed by atoms with van der Waals surface area (Å²) in [5.74, 6) is 1.04. The van der Waals surface area contributed by atoms with Crippen LogP contribution in [0.3, 0.4) is 0 Å². The first-order valence-electron chi connectivity index (χ1n) is 8.48. The lowest BCUT2D eigenvalue weighted by Crippen LogP contribution is -2.41. The van der Waals surface area contributed by atoms with Crippen LogP contribution in [-0.4, -0.2) is 36.6 Å². The third-order valence-electron chi connectivity index (χ3n) is 4.36. The molecule has 0 aromatic rings. The lowest BCUT2D eigenvalue weighted by molar-refractivity contribution is -0.175. The van der Waals surface area contributed by atoms with Gasteiger partial charge in [0.25, 0.3) is 5.91 Å².